The van der Waals surface area contributed by atoms with Gasteiger partial charge in [0, 0.05) is 38.0 Å². The van der Waals surface area contributed by atoms with Crippen LogP contribution >= 0.6 is 0 Å². The lowest BCUT2D eigenvalue weighted by molar-refractivity contribution is -0.129. The van der Waals surface area contributed by atoms with Gasteiger partial charge in [-0.1, -0.05) is 60.7 Å². The predicted octanol–water partition coefficient (Wildman–Crippen LogP) is 3.50. The number of carbonyl (C=O) groups is 1. The number of likely N-dealkylation sites (tertiary alicyclic amines) is 1. The molecular weight excluding hydrogens is 336 g/mol. The van der Waals surface area contributed by atoms with Gasteiger partial charge in [-0.05, 0) is 18.1 Å². The highest BCUT2D eigenvalue weighted by molar-refractivity contribution is 5.80. The third-order valence-electron chi connectivity index (χ3n) is 5.87. The molecule has 0 radical (unpaired) electrons. The normalized spacial score (nSPS) is 24.9. The Balaban J connectivity index is 1.49. The fraction of sp³-hybridized carbons (Fsp3) is 0.435. The summed E-state index contributed by atoms with van der Waals surface area (Å²) in [5.41, 5.74) is 2.40. The maximum absolute atomic E-state index is 12.9. The molecule has 2 aliphatic rings. The van der Waals surface area contributed by atoms with E-state index in [1.165, 1.54) is 11.1 Å². The summed E-state index contributed by atoms with van der Waals surface area (Å²) in [4.78, 5) is 17.4. The zero-order valence-corrected chi connectivity index (χ0v) is 16.0. The van der Waals surface area contributed by atoms with Crippen molar-refractivity contribution in [2.75, 3.05) is 32.8 Å². The fourth-order valence-corrected chi connectivity index (χ4v) is 4.45. The quantitative estimate of drug-likeness (QED) is 0.832. The van der Waals surface area contributed by atoms with Gasteiger partial charge >= 0.3 is 0 Å². The van der Waals surface area contributed by atoms with Crippen LogP contribution in [0.3, 0.4) is 0 Å². The maximum atomic E-state index is 12.9. The van der Waals surface area contributed by atoms with E-state index in [-0.39, 0.29) is 17.4 Å². The lowest BCUT2D eigenvalue weighted by Gasteiger charge is -2.33. The van der Waals surface area contributed by atoms with Crippen LogP contribution in [0.1, 0.15) is 30.5 Å². The van der Waals surface area contributed by atoms with Crippen molar-refractivity contribution in [2.45, 2.75) is 25.9 Å². The van der Waals surface area contributed by atoms with E-state index in [9.17, 15) is 4.79 Å². The van der Waals surface area contributed by atoms with E-state index in [0.717, 1.165) is 32.8 Å². The molecule has 0 unspecified atom stereocenters. The lowest BCUT2D eigenvalue weighted by Crippen LogP contribution is -2.40. The predicted molar refractivity (Wildman–Crippen MR) is 106 cm³/mol. The van der Waals surface area contributed by atoms with E-state index >= 15 is 0 Å². The van der Waals surface area contributed by atoms with E-state index in [1.807, 2.05) is 23.1 Å². The van der Waals surface area contributed by atoms with Crippen molar-refractivity contribution in [1.82, 2.24) is 9.80 Å². The molecule has 2 aromatic carbocycles. The lowest BCUT2D eigenvalue weighted by atomic mass is 9.87. The zero-order chi connectivity index (χ0) is 18.7. The van der Waals surface area contributed by atoms with Gasteiger partial charge in [0.15, 0.2) is 0 Å². The number of ether oxygens (including phenoxy) is 1. The van der Waals surface area contributed by atoms with E-state index in [0.29, 0.717) is 13.0 Å². The molecule has 1 amide bonds. The van der Waals surface area contributed by atoms with Crippen LogP contribution < -0.4 is 0 Å². The van der Waals surface area contributed by atoms with Gasteiger partial charge in [-0.2, -0.15) is 0 Å². The highest BCUT2D eigenvalue weighted by Gasteiger charge is 2.46. The minimum absolute atomic E-state index is 0.101. The van der Waals surface area contributed by atoms with E-state index in [1.54, 1.807) is 0 Å². The van der Waals surface area contributed by atoms with Crippen molar-refractivity contribution in [3.05, 3.63) is 71.8 Å². The van der Waals surface area contributed by atoms with Gasteiger partial charge in [0.1, 0.15) is 0 Å². The Morgan fingerprint density at radius 3 is 2.48 bits per heavy atom. The Kier molecular flexibility index (Phi) is 5.28. The summed E-state index contributed by atoms with van der Waals surface area (Å²) in [6.45, 7) is 7.04. The van der Waals surface area contributed by atoms with Gasteiger partial charge in [0.2, 0.25) is 5.91 Å². The molecule has 2 fully saturated rings. The number of rotatable bonds is 4. The number of benzene rings is 2. The van der Waals surface area contributed by atoms with Crippen molar-refractivity contribution in [2.24, 2.45) is 5.41 Å². The summed E-state index contributed by atoms with van der Waals surface area (Å²) < 4.78 is 5.96. The van der Waals surface area contributed by atoms with Crippen molar-refractivity contribution in [3.8, 4) is 0 Å². The Hall–Kier alpha value is -2.17. The first-order chi connectivity index (χ1) is 13.2. The van der Waals surface area contributed by atoms with Crippen LogP contribution in [0.25, 0.3) is 0 Å². The van der Waals surface area contributed by atoms with Crippen LogP contribution in [-0.4, -0.2) is 48.6 Å². The molecule has 2 saturated heterocycles. The standard InChI is InChI=1S/C23H28N2O2/c1-19(21-10-6-3-7-11-21)25-17-23(14-22(25)26)16-24(12-13-27-18-23)15-20-8-4-2-5-9-20/h2-11,19H,12-18H2,1H3/t19-,23+/m1/s1. The molecule has 142 valence electrons. The number of hydrogen-bond acceptors (Lipinski definition) is 3. The molecule has 2 heterocycles. The second-order valence-electron chi connectivity index (χ2n) is 8.03. The molecule has 4 nitrogen and oxygen atoms in total. The number of hydrogen-bond donors (Lipinski definition) is 0. The Morgan fingerprint density at radius 2 is 1.74 bits per heavy atom. The van der Waals surface area contributed by atoms with Crippen LogP contribution in [0.5, 0.6) is 0 Å². The highest BCUT2D eigenvalue weighted by atomic mass is 16.5. The zero-order valence-electron chi connectivity index (χ0n) is 16.0. The maximum Gasteiger partial charge on any atom is 0.223 e. The first-order valence-electron chi connectivity index (χ1n) is 9.84. The summed E-state index contributed by atoms with van der Waals surface area (Å²) in [5.74, 6) is 0.247. The van der Waals surface area contributed by atoms with Gasteiger partial charge in [-0.15, -0.1) is 0 Å². The molecule has 2 aliphatic heterocycles. The molecule has 27 heavy (non-hydrogen) atoms. The average Bonchev–Trinajstić information content (AvgIpc) is 2.89. The largest absolute Gasteiger partial charge is 0.379 e. The van der Waals surface area contributed by atoms with Crippen LogP contribution in [0.4, 0.5) is 0 Å². The Bertz CT molecular complexity index is 764. The fourth-order valence-electron chi connectivity index (χ4n) is 4.45. The van der Waals surface area contributed by atoms with Gasteiger partial charge in [-0.25, -0.2) is 0 Å². The van der Waals surface area contributed by atoms with Crippen LogP contribution in [-0.2, 0) is 16.1 Å². The average molecular weight is 364 g/mol. The van der Waals surface area contributed by atoms with Gasteiger partial charge in [-0.3, -0.25) is 9.69 Å². The molecule has 4 rings (SSSR count). The van der Waals surface area contributed by atoms with Gasteiger partial charge < -0.3 is 9.64 Å². The first kappa shape index (κ1) is 18.2. The van der Waals surface area contributed by atoms with Gasteiger partial charge in [0.25, 0.3) is 0 Å². The molecule has 4 heteroatoms. The molecule has 0 N–H and O–H groups in total. The summed E-state index contributed by atoms with van der Waals surface area (Å²) in [6.07, 6.45) is 0.579. The molecule has 2 aromatic rings. The molecule has 0 aromatic heterocycles. The molecule has 0 bridgehead atoms. The van der Waals surface area contributed by atoms with Crippen molar-refractivity contribution in [3.63, 3.8) is 0 Å². The minimum Gasteiger partial charge on any atom is -0.379 e. The van der Waals surface area contributed by atoms with E-state index in [4.69, 9.17) is 4.74 Å². The van der Waals surface area contributed by atoms with E-state index in [2.05, 4.69) is 54.3 Å². The topological polar surface area (TPSA) is 32.8 Å². The van der Waals surface area contributed by atoms with Crippen molar-refractivity contribution >= 4 is 5.91 Å². The molecular formula is C23H28N2O2. The smallest absolute Gasteiger partial charge is 0.223 e. The first-order valence-corrected chi connectivity index (χ1v) is 9.84. The summed E-state index contributed by atoms with van der Waals surface area (Å²) in [7, 11) is 0. The van der Waals surface area contributed by atoms with Crippen molar-refractivity contribution in [1.29, 1.82) is 0 Å². The summed E-state index contributed by atoms with van der Waals surface area (Å²) in [6, 6.07) is 21.0. The number of amides is 1. The molecule has 0 aliphatic carbocycles. The SMILES string of the molecule is C[C@H](c1ccccc1)N1C[C@]2(COCCN(Cc3ccccc3)C2)CC1=O. The highest BCUT2D eigenvalue weighted by Crippen LogP contribution is 2.38. The van der Waals surface area contributed by atoms with E-state index < -0.39 is 0 Å². The van der Waals surface area contributed by atoms with Gasteiger partial charge in [0.05, 0.1) is 19.3 Å². The number of nitrogens with zero attached hydrogens (tertiary/aromatic N) is 2. The molecule has 1 spiro atoms. The Morgan fingerprint density at radius 1 is 1.04 bits per heavy atom. The molecule has 0 saturated carbocycles. The number of carbonyl (C=O) groups excluding carboxylic acids is 1. The Labute approximate surface area is 161 Å². The monoisotopic (exact) mass is 364 g/mol. The minimum atomic E-state index is -0.106. The summed E-state index contributed by atoms with van der Waals surface area (Å²) in [5, 5.41) is 0. The van der Waals surface area contributed by atoms with Crippen LogP contribution in [0.15, 0.2) is 60.7 Å². The third-order valence-corrected chi connectivity index (χ3v) is 5.87. The second-order valence-corrected chi connectivity index (χ2v) is 8.03. The van der Waals surface area contributed by atoms with Crippen LogP contribution in [0.2, 0.25) is 0 Å². The second kappa shape index (κ2) is 7.83. The third kappa shape index (κ3) is 4.07. The summed E-state index contributed by atoms with van der Waals surface area (Å²) >= 11 is 0. The molecule has 2 atom stereocenters. The van der Waals surface area contributed by atoms with Crippen LogP contribution in [0, 0.1) is 5.41 Å². The van der Waals surface area contributed by atoms with Crippen molar-refractivity contribution < 1.29 is 9.53 Å².